The highest BCUT2D eigenvalue weighted by atomic mass is 35.5. The second kappa shape index (κ2) is 6.33. The third-order valence-electron chi connectivity index (χ3n) is 2.40. The fraction of sp³-hybridized carbons (Fsp3) is 0. The zero-order valence-electron chi connectivity index (χ0n) is 10.3. The van der Waals surface area contributed by atoms with E-state index in [-0.39, 0.29) is 10.6 Å². The van der Waals surface area contributed by atoms with Gasteiger partial charge in [0.1, 0.15) is 0 Å². The van der Waals surface area contributed by atoms with Crippen molar-refractivity contribution in [3.05, 3.63) is 55.2 Å². The molecule has 108 valence electrons. The first-order valence-corrected chi connectivity index (χ1v) is 6.78. The SMILES string of the molecule is O=C(N/N=C\c1cc(Cl)cc([N+](=O)[O-])c1O)c1cccs1. The van der Waals surface area contributed by atoms with Crippen LogP contribution in [0.3, 0.4) is 0 Å². The Balaban J connectivity index is 2.18. The van der Waals surface area contributed by atoms with Gasteiger partial charge in [-0.2, -0.15) is 5.10 Å². The molecular formula is C12H8ClN3O4S. The number of amides is 1. The summed E-state index contributed by atoms with van der Waals surface area (Å²) in [6.07, 6.45) is 1.08. The molecule has 1 heterocycles. The van der Waals surface area contributed by atoms with Gasteiger partial charge in [-0.15, -0.1) is 11.3 Å². The average Bonchev–Trinajstić information content (AvgIpc) is 2.95. The number of carbonyl (C=O) groups excluding carboxylic acids is 1. The Hall–Kier alpha value is -2.45. The quantitative estimate of drug-likeness (QED) is 0.512. The molecule has 1 aromatic carbocycles. The summed E-state index contributed by atoms with van der Waals surface area (Å²) in [5.74, 6) is -0.990. The van der Waals surface area contributed by atoms with E-state index in [1.807, 2.05) is 0 Å². The number of carbonyl (C=O) groups is 1. The Labute approximate surface area is 127 Å². The summed E-state index contributed by atoms with van der Waals surface area (Å²) in [5.41, 5.74) is 1.74. The minimum atomic E-state index is -0.761. The van der Waals surface area contributed by atoms with E-state index in [9.17, 15) is 20.0 Å². The van der Waals surface area contributed by atoms with Crippen LogP contribution in [0, 0.1) is 10.1 Å². The number of benzene rings is 1. The second-order valence-corrected chi connectivity index (χ2v) is 5.18. The van der Waals surface area contributed by atoms with E-state index in [0.717, 1.165) is 12.3 Å². The van der Waals surface area contributed by atoms with Gasteiger partial charge >= 0.3 is 5.69 Å². The molecule has 1 aromatic heterocycles. The van der Waals surface area contributed by atoms with Crippen LogP contribution in [0.15, 0.2) is 34.7 Å². The summed E-state index contributed by atoms with van der Waals surface area (Å²) >= 11 is 6.97. The fourth-order valence-electron chi connectivity index (χ4n) is 1.47. The van der Waals surface area contributed by atoms with Gasteiger partial charge in [0.25, 0.3) is 5.91 Å². The summed E-state index contributed by atoms with van der Waals surface area (Å²) in [6.45, 7) is 0. The zero-order chi connectivity index (χ0) is 15.4. The predicted molar refractivity (Wildman–Crippen MR) is 79.2 cm³/mol. The Morgan fingerprint density at radius 3 is 2.90 bits per heavy atom. The largest absolute Gasteiger partial charge is 0.502 e. The zero-order valence-corrected chi connectivity index (χ0v) is 11.9. The highest BCUT2D eigenvalue weighted by molar-refractivity contribution is 7.12. The van der Waals surface area contributed by atoms with Crippen molar-refractivity contribution in [2.45, 2.75) is 0 Å². The standard InChI is InChI=1S/C12H8ClN3O4S/c13-8-4-7(11(17)9(5-8)16(19)20)6-14-15-12(18)10-2-1-3-21-10/h1-6,17H,(H,15,18)/b14-6-. The minimum Gasteiger partial charge on any atom is -0.502 e. The number of nitro groups is 1. The first-order valence-electron chi connectivity index (χ1n) is 5.53. The van der Waals surface area contributed by atoms with Crippen LogP contribution < -0.4 is 5.43 Å². The number of nitrogens with one attached hydrogen (secondary N) is 1. The van der Waals surface area contributed by atoms with Crippen LogP contribution in [0.2, 0.25) is 5.02 Å². The Morgan fingerprint density at radius 2 is 2.29 bits per heavy atom. The molecule has 0 unspecified atom stereocenters. The highest BCUT2D eigenvalue weighted by Crippen LogP contribution is 2.32. The maximum absolute atomic E-state index is 11.6. The van der Waals surface area contributed by atoms with E-state index in [1.165, 1.54) is 17.4 Å². The Morgan fingerprint density at radius 1 is 1.52 bits per heavy atom. The van der Waals surface area contributed by atoms with Crippen LogP contribution in [0.5, 0.6) is 5.75 Å². The number of hydrogen-bond acceptors (Lipinski definition) is 6. The van der Waals surface area contributed by atoms with Crippen molar-refractivity contribution in [3.8, 4) is 5.75 Å². The molecule has 9 heteroatoms. The lowest BCUT2D eigenvalue weighted by Gasteiger charge is -2.01. The molecule has 0 aliphatic rings. The number of thiophene rings is 1. The molecule has 0 bridgehead atoms. The Bertz CT molecular complexity index is 716. The second-order valence-electron chi connectivity index (χ2n) is 3.80. The number of halogens is 1. The lowest BCUT2D eigenvalue weighted by molar-refractivity contribution is -0.385. The van der Waals surface area contributed by atoms with E-state index in [1.54, 1.807) is 17.5 Å². The van der Waals surface area contributed by atoms with E-state index in [0.29, 0.717) is 4.88 Å². The van der Waals surface area contributed by atoms with Crippen molar-refractivity contribution >= 4 is 40.7 Å². The van der Waals surface area contributed by atoms with Gasteiger partial charge in [-0.05, 0) is 17.5 Å². The molecule has 0 aliphatic carbocycles. The van der Waals surface area contributed by atoms with Crippen molar-refractivity contribution in [2.75, 3.05) is 0 Å². The van der Waals surface area contributed by atoms with Gasteiger partial charge in [-0.1, -0.05) is 17.7 Å². The average molecular weight is 326 g/mol. The molecule has 0 fully saturated rings. The van der Waals surface area contributed by atoms with Crippen molar-refractivity contribution in [1.29, 1.82) is 0 Å². The molecule has 0 spiro atoms. The van der Waals surface area contributed by atoms with Crippen LogP contribution in [-0.4, -0.2) is 22.2 Å². The number of phenolic OH excluding ortho intramolecular Hbond substituents is 1. The molecule has 2 aromatic rings. The van der Waals surface area contributed by atoms with Gasteiger partial charge in [0.05, 0.1) is 16.0 Å². The van der Waals surface area contributed by atoms with Crippen molar-refractivity contribution in [2.24, 2.45) is 5.10 Å². The molecule has 0 aliphatic heterocycles. The molecule has 7 nitrogen and oxygen atoms in total. The topological polar surface area (TPSA) is 105 Å². The number of hydrogen-bond donors (Lipinski definition) is 2. The fourth-order valence-corrected chi connectivity index (χ4v) is 2.30. The molecule has 0 saturated heterocycles. The Kier molecular flexibility index (Phi) is 4.51. The van der Waals surface area contributed by atoms with Crippen LogP contribution in [0.25, 0.3) is 0 Å². The normalized spacial score (nSPS) is 10.7. The van der Waals surface area contributed by atoms with Gasteiger partial charge in [0.2, 0.25) is 5.75 Å². The smallest absolute Gasteiger partial charge is 0.312 e. The lowest BCUT2D eigenvalue weighted by atomic mass is 10.2. The van der Waals surface area contributed by atoms with Crippen LogP contribution in [0.4, 0.5) is 5.69 Å². The van der Waals surface area contributed by atoms with Crippen molar-refractivity contribution < 1.29 is 14.8 Å². The van der Waals surface area contributed by atoms with Gasteiger partial charge in [-0.25, -0.2) is 5.43 Å². The maximum atomic E-state index is 11.6. The molecule has 0 saturated carbocycles. The predicted octanol–water partition coefficient (Wildman–Crippen LogP) is 2.78. The molecule has 21 heavy (non-hydrogen) atoms. The first kappa shape index (κ1) is 14.9. The van der Waals surface area contributed by atoms with Gasteiger partial charge in [0, 0.05) is 16.7 Å². The van der Waals surface area contributed by atoms with E-state index in [2.05, 4.69) is 10.5 Å². The number of aromatic hydroxyl groups is 1. The number of phenols is 1. The summed E-state index contributed by atoms with van der Waals surface area (Å²) < 4.78 is 0. The summed E-state index contributed by atoms with van der Waals surface area (Å²) in [7, 11) is 0. The molecular weight excluding hydrogens is 318 g/mol. The van der Waals surface area contributed by atoms with Crippen molar-refractivity contribution in [1.82, 2.24) is 5.43 Å². The van der Waals surface area contributed by atoms with Crippen LogP contribution in [0.1, 0.15) is 15.2 Å². The van der Waals surface area contributed by atoms with Gasteiger partial charge in [-0.3, -0.25) is 14.9 Å². The molecule has 0 atom stereocenters. The van der Waals surface area contributed by atoms with E-state index in [4.69, 9.17) is 11.6 Å². The summed E-state index contributed by atoms with van der Waals surface area (Å²) in [5, 5.41) is 25.9. The van der Waals surface area contributed by atoms with Crippen molar-refractivity contribution in [3.63, 3.8) is 0 Å². The molecule has 0 radical (unpaired) electrons. The monoisotopic (exact) mass is 325 g/mol. The van der Waals surface area contributed by atoms with E-state index >= 15 is 0 Å². The van der Waals surface area contributed by atoms with E-state index < -0.39 is 22.3 Å². The van der Waals surface area contributed by atoms with Crippen LogP contribution >= 0.6 is 22.9 Å². The number of hydrazone groups is 1. The molecule has 1 amide bonds. The van der Waals surface area contributed by atoms with Gasteiger partial charge in [0.15, 0.2) is 0 Å². The summed E-state index contributed by atoms with van der Waals surface area (Å²) in [4.78, 5) is 22.1. The third kappa shape index (κ3) is 3.56. The third-order valence-corrected chi connectivity index (χ3v) is 3.48. The number of rotatable bonds is 4. The highest BCUT2D eigenvalue weighted by Gasteiger charge is 2.17. The number of nitro benzene ring substituents is 1. The lowest BCUT2D eigenvalue weighted by Crippen LogP contribution is -2.16. The minimum absolute atomic E-state index is 0.0284. The summed E-state index contributed by atoms with van der Waals surface area (Å²) in [6, 6.07) is 5.66. The molecule has 2 N–H and O–H groups in total. The number of nitrogens with zero attached hydrogens (tertiary/aromatic N) is 2. The van der Waals surface area contributed by atoms with Gasteiger partial charge < -0.3 is 5.11 Å². The van der Waals surface area contributed by atoms with Crippen LogP contribution in [-0.2, 0) is 0 Å². The first-order chi connectivity index (χ1) is 9.99. The maximum Gasteiger partial charge on any atom is 0.312 e. The molecule has 2 rings (SSSR count).